The van der Waals surface area contributed by atoms with Crippen molar-refractivity contribution in [1.82, 2.24) is 9.80 Å². The van der Waals surface area contributed by atoms with Gasteiger partial charge in [0.1, 0.15) is 12.4 Å². The van der Waals surface area contributed by atoms with Crippen molar-refractivity contribution >= 4 is 34.5 Å². The minimum atomic E-state index is -0.315. The minimum Gasteiger partial charge on any atom is -0.332 e. The van der Waals surface area contributed by atoms with E-state index >= 15 is 0 Å². The lowest BCUT2D eigenvalue weighted by Gasteiger charge is -2.27. The molecule has 30 heavy (non-hydrogen) atoms. The van der Waals surface area contributed by atoms with E-state index in [0.29, 0.717) is 18.0 Å². The molecule has 0 aliphatic carbocycles. The van der Waals surface area contributed by atoms with Gasteiger partial charge in [-0.05, 0) is 53.1 Å². The Hall–Kier alpha value is -2.77. The maximum Gasteiger partial charge on any atom is 0.264 e. The topological polar surface area (TPSA) is 40.6 Å². The molecule has 0 N–H and O–H groups in total. The summed E-state index contributed by atoms with van der Waals surface area (Å²) in [6.45, 7) is 6.74. The van der Waals surface area contributed by atoms with Crippen LogP contribution in [0.4, 0.5) is 4.39 Å². The number of aryl methyl sites for hydroxylation is 1. The lowest BCUT2D eigenvalue weighted by Crippen LogP contribution is -2.42. The van der Waals surface area contributed by atoms with Crippen LogP contribution in [0.3, 0.4) is 0 Å². The summed E-state index contributed by atoms with van der Waals surface area (Å²) >= 11 is 2.94. The quantitative estimate of drug-likeness (QED) is 0.432. The second-order valence-electron chi connectivity index (χ2n) is 6.85. The van der Waals surface area contributed by atoms with Gasteiger partial charge >= 0.3 is 0 Å². The van der Waals surface area contributed by atoms with Gasteiger partial charge in [0, 0.05) is 18.0 Å². The molecular weight excluding hydrogens is 419 g/mol. The summed E-state index contributed by atoms with van der Waals surface area (Å²) in [4.78, 5) is 30.9. The second-order valence-corrected chi connectivity index (χ2v) is 8.80. The van der Waals surface area contributed by atoms with Crippen molar-refractivity contribution in [3.05, 3.63) is 92.6 Å². The molecule has 0 bridgehead atoms. The highest BCUT2D eigenvalue weighted by Crippen LogP contribution is 2.20. The zero-order chi connectivity index (χ0) is 21.5. The number of benzene rings is 1. The van der Waals surface area contributed by atoms with E-state index in [1.807, 2.05) is 29.8 Å². The summed E-state index contributed by atoms with van der Waals surface area (Å²) in [5.41, 5.74) is 1.95. The average Bonchev–Trinajstić information content (AvgIpc) is 3.40. The van der Waals surface area contributed by atoms with Crippen molar-refractivity contribution in [3.8, 4) is 0 Å². The van der Waals surface area contributed by atoms with Gasteiger partial charge in [-0.25, -0.2) is 4.39 Å². The van der Waals surface area contributed by atoms with Crippen molar-refractivity contribution in [2.24, 2.45) is 0 Å². The molecule has 3 rings (SSSR count). The molecule has 0 aliphatic heterocycles. The van der Waals surface area contributed by atoms with Gasteiger partial charge < -0.3 is 9.80 Å². The van der Waals surface area contributed by atoms with E-state index in [0.717, 1.165) is 16.0 Å². The first kappa shape index (κ1) is 21.9. The number of hydrogen-bond acceptors (Lipinski definition) is 4. The first-order valence-corrected chi connectivity index (χ1v) is 11.2. The highest BCUT2D eigenvalue weighted by molar-refractivity contribution is 7.12. The highest BCUT2D eigenvalue weighted by Gasteiger charge is 2.23. The molecule has 0 spiro atoms. The van der Waals surface area contributed by atoms with Crippen molar-refractivity contribution in [3.63, 3.8) is 0 Å². The Labute approximate surface area is 183 Å². The molecule has 0 unspecified atom stereocenters. The number of thiophene rings is 2. The van der Waals surface area contributed by atoms with Gasteiger partial charge in [0.2, 0.25) is 5.91 Å². The highest BCUT2D eigenvalue weighted by atomic mass is 32.1. The third kappa shape index (κ3) is 5.64. The van der Waals surface area contributed by atoms with Crippen molar-refractivity contribution in [2.75, 3.05) is 13.1 Å². The van der Waals surface area contributed by atoms with Gasteiger partial charge in [0.05, 0.1) is 11.4 Å². The average molecular weight is 443 g/mol. The van der Waals surface area contributed by atoms with E-state index in [9.17, 15) is 14.0 Å². The lowest BCUT2D eigenvalue weighted by atomic mass is 10.2. The SMILES string of the molecule is C=CCN(CC(=O)N(Cc1ccc(F)cc1)Cc1sccc1C)C(=O)c1cccs1. The Balaban J connectivity index is 1.80. The number of carbonyl (C=O) groups is 2. The maximum atomic E-state index is 13.3. The van der Waals surface area contributed by atoms with Crippen LogP contribution in [0.5, 0.6) is 0 Å². The number of hydrogen-bond donors (Lipinski definition) is 0. The number of carbonyl (C=O) groups excluding carboxylic acids is 2. The van der Waals surface area contributed by atoms with E-state index in [2.05, 4.69) is 6.58 Å². The van der Waals surface area contributed by atoms with E-state index < -0.39 is 0 Å². The Bertz CT molecular complexity index is 997. The molecule has 0 fully saturated rings. The number of halogens is 1. The van der Waals surface area contributed by atoms with Crippen LogP contribution in [0.2, 0.25) is 0 Å². The van der Waals surface area contributed by atoms with Gasteiger partial charge in [0.15, 0.2) is 0 Å². The van der Waals surface area contributed by atoms with Crippen LogP contribution in [-0.4, -0.2) is 34.7 Å². The van der Waals surface area contributed by atoms with Gasteiger partial charge in [-0.2, -0.15) is 0 Å². The molecule has 1 aromatic carbocycles. The normalized spacial score (nSPS) is 10.6. The summed E-state index contributed by atoms with van der Waals surface area (Å²) < 4.78 is 13.3. The second kappa shape index (κ2) is 10.3. The van der Waals surface area contributed by atoms with E-state index in [4.69, 9.17) is 0 Å². The maximum absolute atomic E-state index is 13.3. The summed E-state index contributed by atoms with van der Waals surface area (Å²) in [7, 11) is 0. The number of rotatable bonds is 9. The van der Waals surface area contributed by atoms with Crippen LogP contribution in [0.25, 0.3) is 0 Å². The Kier molecular flexibility index (Phi) is 7.54. The zero-order valence-electron chi connectivity index (χ0n) is 16.7. The van der Waals surface area contributed by atoms with Crippen LogP contribution >= 0.6 is 22.7 Å². The summed E-state index contributed by atoms with van der Waals surface area (Å²) in [5.74, 6) is -0.671. The van der Waals surface area contributed by atoms with Gasteiger partial charge in [0.25, 0.3) is 5.91 Å². The van der Waals surface area contributed by atoms with Crippen molar-refractivity contribution in [2.45, 2.75) is 20.0 Å². The lowest BCUT2D eigenvalue weighted by molar-refractivity contribution is -0.133. The van der Waals surface area contributed by atoms with E-state index in [-0.39, 0.29) is 30.7 Å². The summed E-state index contributed by atoms with van der Waals surface area (Å²) in [6, 6.07) is 11.7. The summed E-state index contributed by atoms with van der Waals surface area (Å²) in [5, 5.41) is 3.83. The zero-order valence-corrected chi connectivity index (χ0v) is 18.3. The number of amides is 2. The fourth-order valence-electron chi connectivity index (χ4n) is 2.98. The molecule has 0 radical (unpaired) electrons. The van der Waals surface area contributed by atoms with Crippen LogP contribution in [0.1, 0.15) is 25.7 Å². The van der Waals surface area contributed by atoms with Gasteiger partial charge in [-0.15, -0.1) is 29.3 Å². The van der Waals surface area contributed by atoms with Crippen LogP contribution in [0, 0.1) is 12.7 Å². The van der Waals surface area contributed by atoms with E-state index in [1.165, 1.54) is 28.4 Å². The fourth-order valence-corrected chi connectivity index (χ4v) is 4.59. The monoisotopic (exact) mass is 442 g/mol. The standard InChI is InChI=1S/C23H23FN2O2S2/c1-3-11-25(23(28)20-5-4-12-29-20)16-22(27)26(15-21-17(2)10-13-30-21)14-18-6-8-19(24)9-7-18/h3-10,12-13H,1,11,14-16H2,2H3. The largest absolute Gasteiger partial charge is 0.332 e. The molecule has 2 aromatic heterocycles. The molecular formula is C23H23FN2O2S2. The van der Waals surface area contributed by atoms with Gasteiger partial charge in [-0.1, -0.05) is 24.3 Å². The van der Waals surface area contributed by atoms with Crippen molar-refractivity contribution < 1.29 is 14.0 Å². The van der Waals surface area contributed by atoms with Crippen molar-refractivity contribution in [1.29, 1.82) is 0 Å². The molecule has 4 nitrogen and oxygen atoms in total. The summed E-state index contributed by atoms with van der Waals surface area (Å²) in [6.07, 6.45) is 1.62. The molecule has 2 heterocycles. The molecule has 2 amide bonds. The molecule has 7 heteroatoms. The molecule has 3 aromatic rings. The Morgan fingerprint density at radius 3 is 2.40 bits per heavy atom. The molecule has 0 saturated heterocycles. The molecule has 0 saturated carbocycles. The van der Waals surface area contributed by atoms with E-state index in [1.54, 1.807) is 40.5 Å². The Morgan fingerprint density at radius 2 is 1.80 bits per heavy atom. The van der Waals surface area contributed by atoms with Crippen LogP contribution in [-0.2, 0) is 17.9 Å². The first-order chi connectivity index (χ1) is 14.5. The smallest absolute Gasteiger partial charge is 0.264 e. The van der Waals surface area contributed by atoms with Crippen LogP contribution < -0.4 is 0 Å². The predicted molar refractivity (Wildman–Crippen MR) is 120 cm³/mol. The molecule has 0 aliphatic rings. The first-order valence-electron chi connectivity index (χ1n) is 9.46. The number of nitrogens with zero attached hydrogens (tertiary/aromatic N) is 2. The fraction of sp³-hybridized carbons (Fsp3) is 0.217. The van der Waals surface area contributed by atoms with Gasteiger partial charge in [-0.3, -0.25) is 9.59 Å². The predicted octanol–water partition coefficient (Wildman–Crippen LogP) is 5.11. The van der Waals surface area contributed by atoms with Crippen LogP contribution in [0.15, 0.2) is 65.9 Å². The minimum absolute atomic E-state index is 0.0473. The molecule has 156 valence electrons. The molecule has 0 atom stereocenters. The third-order valence-corrected chi connectivity index (χ3v) is 6.50. The Morgan fingerprint density at radius 1 is 1.03 bits per heavy atom. The third-order valence-electron chi connectivity index (χ3n) is 4.64.